The molecule has 4 nitrogen and oxygen atoms in total. The summed E-state index contributed by atoms with van der Waals surface area (Å²) in [6, 6.07) is 6.12. The van der Waals surface area contributed by atoms with Gasteiger partial charge in [-0.2, -0.15) is 0 Å². The fourth-order valence-corrected chi connectivity index (χ4v) is 2.42. The van der Waals surface area contributed by atoms with E-state index in [1.54, 1.807) is 0 Å². The molecule has 4 heteroatoms. The van der Waals surface area contributed by atoms with Crippen molar-refractivity contribution in [3.8, 4) is 11.5 Å². The van der Waals surface area contributed by atoms with Crippen LogP contribution in [0.2, 0.25) is 0 Å². The number of benzene rings is 1. The second kappa shape index (κ2) is 4.45. The van der Waals surface area contributed by atoms with Gasteiger partial charge in [0.1, 0.15) is 0 Å². The van der Waals surface area contributed by atoms with E-state index in [-0.39, 0.29) is 0 Å². The summed E-state index contributed by atoms with van der Waals surface area (Å²) in [5.74, 6) is 1.69. The first-order chi connectivity index (χ1) is 8.36. The number of fused-ring (bicyclic) bond motifs is 1. The van der Waals surface area contributed by atoms with Gasteiger partial charge in [-0.05, 0) is 25.5 Å². The summed E-state index contributed by atoms with van der Waals surface area (Å²) in [4.78, 5) is 2.34. The van der Waals surface area contributed by atoms with Crippen molar-refractivity contribution in [3.63, 3.8) is 0 Å². The maximum absolute atomic E-state index is 5.65. The Morgan fingerprint density at radius 2 is 2.24 bits per heavy atom. The van der Waals surface area contributed by atoms with Crippen LogP contribution in [0.3, 0.4) is 0 Å². The van der Waals surface area contributed by atoms with E-state index in [2.05, 4.69) is 17.0 Å². The molecular formula is C13H17NO3. The van der Waals surface area contributed by atoms with Crippen molar-refractivity contribution < 1.29 is 14.2 Å². The monoisotopic (exact) mass is 235 g/mol. The molecule has 0 radical (unpaired) electrons. The normalized spacial score (nSPS) is 22.2. The number of hydrogen-bond acceptors (Lipinski definition) is 4. The van der Waals surface area contributed by atoms with Crippen LogP contribution in [0.4, 0.5) is 5.69 Å². The molecule has 1 unspecified atom stereocenters. The van der Waals surface area contributed by atoms with E-state index in [0.29, 0.717) is 12.9 Å². The standard InChI is InChI=1S/C13H17NO3/c1-2-15-11-5-6-14(8-11)10-3-4-12-13(7-10)17-9-16-12/h3-4,7,11H,2,5-6,8-9H2,1H3. The van der Waals surface area contributed by atoms with E-state index in [1.165, 1.54) is 5.69 Å². The Balaban J connectivity index is 1.73. The van der Waals surface area contributed by atoms with E-state index >= 15 is 0 Å². The molecule has 3 rings (SSSR count). The predicted molar refractivity (Wildman–Crippen MR) is 64.8 cm³/mol. The van der Waals surface area contributed by atoms with E-state index in [9.17, 15) is 0 Å². The van der Waals surface area contributed by atoms with Crippen molar-refractivity contribution in [3.05, 3.63) is 18.2 Å². The molecule has 0 saturated carbocycles. The zero-order valence-electron chi connectivity index (χ0n) is 10.0. The summed E-state index contributed by atoms with van der Waals surface area (Å²) >= 11 is 0. The summed E-state index contributed by atoms with van der Waals surface area (Å²) in [5, 5.41) is 0. The zero-order valence-corrected chi connectivity index (χ0v) is 10.0. The molecule has 0 spiro atoms. The summed E-state index contributed by atoms with van der Waals surface area (Å²) in [6.07, 6.45) is 1.47. The Morgan fingerprint density at radius 1 is 1.35 bits per heavy atom. The van der Waals surface area contributed by atoms with Crippen LogP contribution < -0.4 is 14.4 Å². The van der Waals surface area contributed by atoms with Crippen molar-refractivity contribution >= 4 is 5.69 Å². The average molecular weight is 235 g/mol. The molecule has 1 fully saturated rings. The fourth-order valence-electron chi connectivity index (χ4n) is 2.42. The van der Waals surface area contributed by atoms with Gasteiger partial charge < -0.3 is 19.1 Å². The van der Waals surface area contributed by atoms with Crippen molar-refractivity contribution in [2.24, 2.45) is 0 Å². The van der Waals surface area contributed by atoms with E-state index in [4.69, 9.17) is 14.2 Å². The third kappa shape index (κ3) is 2.05. The largest absolute Gasteiger partial charge is 0.454 e. The first-order valence-electron chi connectivity index (χ1n) is 6.13. The second-order valence-electron chi connectivity index (χ2n) is 4.35. The minimum absolute atomic E-state index is 0.334. The molecule has 92 valence electrons. The highest BCUT2D eigenvalue weighted by molar-refractivity contribution is 5.57. The van der Waals surface area contributed by atoms with Gasteiger partial charge in [0.25, 0.3) is 0 Å². The van der Waals surface area contributed by atoms with Crippen molar-refractivity contribution in [2.75, 3.05) is 31.4 Å². The SMILES string of the molecule is CCOC1CCN(c2ccc3c(c2)OCO3)C1. The molecule has 1 atom stereocenters. The highest BCUT2D eigenvalue weighted by atomic mass is 16.7. The predicted octanol–water partition coefficient (Wildman–Crippen LogP) is 2.03. The molecular weight excluding hydrogens is 218 g/mol. The van der Waals surface area contributed by atoms with Crippen LogP contribution in [0.1, 0.15) is 13.3 Å². The number of nitrogens with zero attached hydrogens (tertiary/aromatic N) is 1. The van der Waals surface area contributed by atoms with Crippen LogP contribution in [0.15, 0.2) is 18.2 Å². The van der Waals surface area contributed by atoms with Gasteiger partial charge in [0.15, 0.2) is 11.5 Å². The maximum Gasteiger partial charge on any atom is 0.231 e. The molecule has 0 aliphatic carbocycles. The van der Waals surface area contributed by atoms with E-state index in [0.717, 1.165) is 37.6 Å². The lowest BCUT2D eigenvalue weighted by Crippen LogP contribution is -2.22. The minimum atomic E-state index is 0.334. The smallest absolute Gasteiger partial charge is 0.231 e. The van der Waals surface area contributed by atoms with Crippen molar-refractivity contribution in [2.45, 2.75) is 19.4 Å². The molecule has 0 N–H and O–H groups in total. The molecule has 0 bridgehead atoms. The Kier molecular flexibility index (Phi) is 2.81. The van der Waals surface area contributed by atoms with E-state index < -0.39 is 0 Å². The van der Waals surface area contributed by atoms with Crippen LogP contribution >= 0.6 is 0 Å². The highest BCUT2D eigenvalue weighted by Crippen LogP contribution is 2.36. The summed E-state index contributed by atoms with van der Waals surface area (Å²) in [6.45, 7) is 5.18. The third-order valence-electron chi connectivity index (χ3n) is 3.27. The topological polar surface area (TPSA) is 30.9 Å². The lowest BCUT2D eigenvalue weighted by atomic mass is 10.2. The van der Waals surface area contributed by atoms with Gasteiger partial charge in [0.2, 0.25) is 6.79 Å². The van der Waals surface area contributed by atoms with Crippen LogP contribution in [0.5, 0.6) is 11.5 Å². The maximum atomic E-state index is 5.65. The molecule has 2 heterocycles. The van der Waals surface area contributed by atoms with Gasteiger partial charge in [-0.3, -0.25) is 0 Å². The zero-order chi connectivity index (χ0) is 11.7. The number of hydrogen-bond donors (Lipinski definition) is 0. The summed E-state index contributed by atoms with van der Waals surface area (Å²) < 4.78 is 16.4. The van der Waals surface area contributed by atoms with Gasteiger partial charge in [-0.15, -0.1) is 0 Å². The molecule has 1 aromatic rings. The van der Waals surface area contributed by atoms with Gasteiger partial charge in [-0.1, -0.05) is 0 Å². The molecule has 2 aliphatic rings. The summed E-state index contributed by atoms with van der Waals surface area (Å²) in [5.41, 5.74) is 1.19. The number of anilines is 1. The van der Waals surface area contributed by atoms with Gasteiger partial charge >= 0.3 is 0 Å². The lowest BCUT2D eigenvalue weighted by Gasteiger charge is -2.18. The lowest BCUT2D eigenvalue weighted by molar-refractivity contribution is 0.0787. The highest BCUT2D eigenvalue weighted by Gasteiger charge is 2.24. The quantitative estimate of drug-likeness (QED) is 0.802. The molecule has 1 saturated heterocycles. The van der Waals surface area contributed by atoms with Crippen LogP contribution in [-0.4, -0.2) is 32.6 Å². The Labute approximate surface area is 101 Å². The van der Waals surface area contributed by atoms with Gasteiger partial charge in [0.05, 0.1) is 6.10 Å². The molecule has 1 aromatic carbocycles. The number of rotatable bonds is 3. The van der Waals surface area contributed by atoms with Crippen molar-refractivity contribution in [1.29, 1.82) is 0 Å². The Bertz CT molecular complexity index is 408. The van der Waals surface area contributed by atoms with E-state index in [1.807, 2.05) is 13.0 Å². The number of ether oxygens (including phenoxy) is 3. The Morgan fingerprint density at radius 3 is 3.12 bits per heavy atom. The third-order valence-corrected chi connectivity index (χ3v) is 3.27. The first-order valence-corrected chi connectivity index (χ1v) is 6.13. The van der Waals surface area contributed by atoms with Crippen molar-refractivity contribution in [1.82, 2.24) is 0 Å². The fraction of sp³-hybridized carbons (Fsp3) is 0.538. The molecule has 0 amide bonds. The van der Waals surface area contributed by atoms with Crippen LogP contribution in [-0.2, 0) is 4.74 Å². The molecule has 17 heavy (non-hydrogen) atoms. The minimum Gasteiger partial charge on any atom is -0.454 e. The average Bonchev–Trinajstić information content (AvgIpc) is 2.96. The molecule has 2 aliphatic heterocycles. The van der Waals surface area contributed by atoms with Gasteiger partial charge in [-0.25, -0.2) is 0 Å². The van der Waals surface area contributed by atoms with Gasteiger partial charge in [0, 0.05) is 31.5 Å². The Hall–Kier alpha value is -1.42. The summed E-state index contributed by atoms with van der Waals surface area (Å²) in [7, 11) is 0. The van der Waals surface area contributed by atoms with Crippen LogP contribution in [0, 0.1) is 0 Å². The second-order valence-corrected chi connectivity index (χ2v) is 4.35. The molecule has 0 aromatic heterocycles. The van der Waals surface area contributed by atoms with Crippen LogP contribution in [0.25, 0.3) is 0 Å². The first kappa shape index (κ1) is 10.7.